The van der Waals surface area contributed by atoms with Crippen molar-refractivity contribution in [2.45, 2.75) is 13.2 Å². The summed E-state index contributed by atoms with van der Waals surface area (Å²) in [5.41, 5.74) is 8.96. The topological polar surface area (TPSA) is 85.9 Å². The number of nitrogens with one attached hydrogen (secondary N) is 1. The third kappa shape index (κ3) is 4.01. The minimum atomic E-state index is -0.318. The molecule has 0 radical (unpaired) electrons. The molecule has 0 saturated heterocycles. The molecule has 29 heavy (non-hydrogen) atoms. The quantitative estimate of drug-likeness (QED) is 0.464. The summed E-state index contributed by atoms with van der Waals surface area (Å²) in [6, 6.07) is 23.1. The highest BCUT2D eigenvalue weighted by Gasteiger charge is 2.16. The van der Waals surface area contributed by atoms with Crippen LogP contribution in [0.2, 0.25) is 0 Å². The molecule has 146 valence electrons. The third-order valence-electron chi connectivity index (χ3n) is 4.55. The van der Waals surface area contributed by atoms with E-state index in [-0.39, 0.29) is 5.69 Å². The summed E-state index contributed by atoms with van der Waals surface area (Å²) < 4.78 is 8.22. The Balaban J connectivity index is 1.66. The number of nitrogens with zero attached hydrogens (tertiary/aromatic N) is 2. The van der Waals surface area contributed by atoms with Gasteiger partial charge in [0.1, 0.15) is 12.4 Å². The molecule has 1 heterocycles. The average Bonchev–Trinajstić information content (AvgIpc) is 3.14. The monoisotopic (exact) mass is 450 g/mol. The van der Waals surface area contributed by atoms with Crippen molar-refractivity contribution in [3.63, 3.8) is 0 Å². The van der Waals surface area contributed by atoms with Gasteiger partial charge in [0, 0.05) is 12.1 Å². The van der Waals surface area contributed by atoms with E-state index in [2.05, 4.69) is 26.1 Å². The molecular weight excluding hydrogens is 432 g/mol. The smallest absolute Gasteiger partial charge is 0.348 e. The van der Waals surface area contributed by atoms with E-state index in [9.17, 15) is 4.79 Å². The summed E-state index contributed by atoms with van der Waals surface area (Å²) in [6.07, 6.45) is 0. The highest BCUT2D eigenvalue weighted by Crippen LogP contribution is 2.31. The first-order valence-electron chi connectivity index (χ1n) is 9.10. The van der Waals surface area contributed by atoms with Crippen molar-refractivity contribution < 1.29 is 4.74 Å². The molecule has 0 aliphatic heterocycles. The minimum Gasteiger partial charge on any atom is -0.488 e. The molecule has 3 N–H and O–H groups in total. The number of aromatic amines is 1. The van der Waals surface area contributed by atoms with Crippen molar-refractivity contribution >= 4 is 15.9 Å². The van der Waals surface area contributed by atoms with Crippen LogP contribution < -0.4 is 16.2 Å². The van der Waals surface area contributed by atoms with Crippen LogP contribution in [0.5, 0.6) is 5.75 Å². The Morgan fingerprint density at radius 2 is 1.79 bits per heavy atom. The Kier molecular flexibility index (Phi) is 5.59. The van der Waals surface area contributed by atoms with E-state index in [1.165, 1.54) is 4.57 Å². The molecule has 0 spiro atoms. The minimum absolute atomic E-state index is 0.318. The van der Waals surface area contributed by atoms with Gasteiger partial charge < -0.3 is 10.5 Å². The van der Waals surface area contributed by atoms with Gasteiger partial charge in [0.15, 0.2) is 5.82 Å². The van der Waals surface area contributed by atoms with Crippen molar-refractivity contribution in [2.24, 2.45) is 5.73 Å². The van der Waals surface area contributed by atoms with Gasteiger partial charge in [-0.05, 0) is 51.3 Å². The lowest BCUT2D eigenvalue weighted by molar-refractivity contribution is 0.304. The number of rotatable bonds is 6. The highest BCUT2D eigenvalue weighted by molar-refractivity contribution is 9.10. The lowest BCUT2D eigenvalue weighted by Crippen LogP contribution is -2.18. The van der Waals surface area contributed by atoms with E-state index >= 15 is 0 Å². The molecule has 0 atom stereocenters. The summed E-state index contributed by atoms with van der Waals surface area (Å²) >= 11 is 3.56. The fourth-order valence-corrected chi connectivity index (χ4v) is 3.60. The zero-order chi connectivity index (χ0) is 20.2. The number of aromatic nitrogens is 3. The predicted molar refractivity (Wildman–Crippen MR) is 116 cm³/mol. The van der Waals surface area contributed by atoms with Gasteiger partial charge in [0.25, 0.3) is 0 Å². The van der Waals surface area contributed by atoms with Gasteiger partial charge in [0.2, 0.25) is 0 Å². The Morgan fingerprint density at radius 3 is 2.55 bits per heavy atom. The molecule has 6 nitrogen and oxygen atoms in total. The van der Waals surface area contributed by atoms with Crippen molar-refractivity contribution in [1.29, 1.82) is 0 Å². The van der Waals surface area contributed by atoms with Crippen LogP contribution in [-0.4, -0.2) is 14.8 Å². The van der Waals surface area contributed by atoms with Crippen molar-refractivity contribution in [1.82, 2.24) is 14.8 Å². The third-order valence-corrected chi connectivity index (χ3v) is 5.17. The number of hydrogen-bond acceptors (Lipinski definition) is 4. The zero-order valence-electron chi connectivity index (χ0n) is 15.5. The van der Waals surface area contributed by atoms with Gasteiger partial charge in [-0.15, -0.1) is 0 Å². The van der Waals surface area contributed by atoms with Gasteiger partial charge in [-0.2, -0.15) is 5.10 Å². The number of para-hydroxylation sites is 1. The second-order valence-electron chi connectivity index (χ2n) is 6.44. The largest absolute Gasteiger partial charge is 0.488 e. The molecule has 0 aliphatic carbocycles. The zero-order valence-corrected chi connectivity index (χ0v) is 17.1. The molecular formula is C22H19BrN4O2. The maximum atomic E-state index is 12.5. The number of benzene rings is 3. The van der Waals surface area contributed by atoms with E-state index in [4.69, 9.17) is 10.5 Å². The molecule has 4 aromatic rings. The van der Waals surface area contributed by atoms with E-state index < -0.39 is 0 Å². The van der Waals surface area contributed by atoms with Crippen molar-refractivity contribution in [3.8, 4) is 22.8 Å². The van der Waals surface area contributed by atoms with Crippen LogP contribution in [0.3, 0.4) is 0 Å². The molecule has 0 aliphatic rings. The average molecular weight is 451 g/mol. The van der Waals surface area contributed by atoms with Crippen LogP contribution in [0, 0.1) is 0 Å². The number of ether oxygens (including phenoxy) is 1. The molecule has 0 unspecified atom stereocenters. The Labute approximate surface area is 176 Å². The Bertz CT molecular complexity index is 1180. The first-order chi connectivity index (χ1) is 14.2. The maximum absolute atomic E-state index is 12.5. The number of nitrogens with two attached hydrogens (primary N) is 1. The second kappa shape index (κ2) is 8.46. The van der Waals surface area contributed by atoms with E-state index in [1.54, 1.807) is 0 Å². The fourth-order valence-electron chi connectivity index (χ4n) is 3.11. The number of halogens is 1. The maximum Gasteiger partial charge on any atom is 0.348 e. The molecule has 3 aromatic carbocycles. The van der Waals surface area contributed by atoms with Gasteiger partial charge in [0.05, 0.1) is 10.2 Å². The van der Waals surface area contributed by atoms with Gasteiger partial charge >= 0.3 is 5.69 Å². The summed E-state index contributed by atoms with van der Waals surface area (Å²) in [4.78, 5) is 12.5. The first kappa shape index (κ1) is 19.2. The fraction of sp³-hybridized carbons (Fsp3) is 0.0909. The predicted octanol–water partition coefficient (Wildman–Crippen LogP) is 4.03. The highest BCUT2D eigenvalue weighted by atomic mass is 79.9. The van der Waals surface area contributed by atoms with Crippen LogP contribution in [0.25, 0.3) is 17.1 Å². The molecule has 0 fully saturated rings. The lowest BCUT2D eigenvalue weighted by atomic mass is 10.1. The van der Waals surface area contributed by atoms with Gasteiger partial charge in [-0.3, -0.25) is 0 Å². The Hall–Kier alpha value is -3.16. The van der Waals surface area contributed by atoms with Crippen LogP contribution >= 0.6 is 15.9 Å². The molecule has 4 rings (SSSR count). The Morgan fingerprint density at radius 1 is 1.03 bits per heavy atom. The summed E-state index contributed by atoms with van der Waals surface area (Å²) in [5.74, 6) is 1.22. The van der Waals surface area contributed by atoms with Gasteiger partial charge in [-0.1, -0.05) is 48.5 Å². The van der Waals surface area contributed by atoms with Crippen LogP contribution in [0.15, 0.2) is 82.1 Å². The molecule has 1 aromatic heterocycles. The molecule has 0 saturated carbocycles. The van der Waals surface area contributed by atoms with Crippen LogP contribution in [-0.2, 0) is 13.2 Å². The number of hydrogen-bond donors (Lipinski definition) is 2. The van der Waals surface area contributed by atoms with Crippen LogP contribution in [0.1, 0.15) is 11.1 Å². The summed E-state index contributed by atoms with van der Waals surface area (Å²) in [6.45, 7) is 0.791. The summed E-state index contributed by atoms with van der Waals surface area (Å²) in [7, 11) is 0. The van der Waals surface area contributed by atoms with E-state index in [0.717, 1.165) is 21.2 Å². The molecule has 7 heteroatoms. The normalized spacial score (nSPS) is 10.8. The second-order valence-corrected chi connectivity index (χ2v) is 7.29. The van der Waals surface area contributed by atoms with E-state index in [1.807, 2.05) is 72.8 Å². The molecule has 0 bridgehead atoms. The number of H-pyrrole nitrogens is 1. The van der Waals surface area contributed by atoms with E-state index in [0.29, 0.717) is 30.4 Å². The lowest BCUT2D eigenvalue weighted by Gasteiger charge is -2.12. The van der Waals surface area contributed by atoms with Gasteiger partial charge in [-0.25, -0.2) is 14.5 Å². The SMILES string of the molecule is NCc1ccccc1-n1c(-c2ccc(OCc3ccccc3)c(Br)c2)n[nH]c1=O. The van der Waals surface area contributed by atoms with Crippen molar-refractivity contribution in [3.05, 3.63) is 98.9 Å². The summed E-state index contributed by atoms with van der Waals surface area (Å²) in [5, 5.41) is 6.76. The first-order valence-corrected chi connectivity index (χ1v) is 9.89. The van der Waals surface area contributed by atoms with Crippen LogP contribution in [0.4, 0.5) is 0 Å². The molecule has 0 amide bonds. The standard InChI is InChI=1S/C22H19BrN4O2/c23-18-12-16(10-11-20(18)29-14-15-6-2-1-3-7-15)21-25-26-22(28)27(21)19-9-5-4-8-17(19)13-24/h1-12H,13-14,24H2,(H,26,28). The van der Waals surface area contributed by atoms with Crippen molar-refractivity contribution in [2.75, 3.05) is 0 Å².